The molecule has 0 fully saturated rings. The molecule has 1 aliphatic rings. The van der Waals surface area contributed by atoms with E-state index in [1.165, 1.54) is 24.3 Å². The van der Waals surface area contributed by atoms with Crippen LogP contribution in [0.15, 0.2) is 24.3 Å². The van der Waals surface area contributed by atoms with E-state index in [0.717, 1.165) is 0 Å². The van der Waals surface area contributed by atoms with Gasteiger partial charge in [0.25, 0.3) is 17.7 Å². The van der Waals surface area contributed by atoms with Crippen LogP contribution in [0.25, 0.3) is 0 Å². The number of hydroxylamine groups is 2. The highest BCUT2D eigenvalue weighted by molar-refractivity contribution is 6.20. The number of benzene rings is 1. The highest BCUT2D eigenvalue weighted by atomic mass is 19.3. The molecule has 7 heteroatoms. The van der Waals surface area contributed by atoms with E-state index >= 15 is 0 Å². The molecule has 1 heterocycles. The van der Waals surface area contributed by atoms with E-state index < -0.39 is 30.1 Å². The molecule has 0 atom stereocenters. The number of carbonyl (C=O) groups is 3. The first-order valence-electron chi connectivity index (χ1n) is 5.36. The van der Waals surface area contributed by atoms with Crippen LogP contribution in [-0.4, -0.2) is 28.8 Å². The van der Waals surface area contributed by atoms with Crippen LogP contribution in [0.5, 0.6) is 0 Å². The predicted octanol–water partition coefficient (Wildman–Crippen LogP) is 1.79. The van der Waals surface area contributed by atoms with Gasteiger partial charge in [0.15, 0.2) is 0 Å². The lowest BCUT2D eigenvalue weighted by molar-refractivity contribution is -0.175. The van der Waals surface area contributed by atoms with Crippen LogP contribution in [0.1, 0.15) is 34.1 Å². The second-order valence-corrected chi connectivity index (χ2v) is 4.16. The van der Waals surface area contributed by atoms with Gasteiger partial charge in [-0.3, -0.25) is 9.59 Å². The zero-order valence-corrected chi connectivity index (χ0v) is 9.85. The molecular weight excluding hydrogens is 260 g/mol. The van der Waals surface area contributed by atoms with Gasteiger partial charge in [-0.2, -0.15) is 0 Å². The van der Waals surface area contributed by atoms with Crippen LogP contribution in [0.3, 0.4) is 0 Å². The van der Waals surface area contributed by atoms with Gasteiger partial charge < -0.3 is 4.84 Å². The maximum Gasteiger partial charge on any atom is 0.339 e. The first-order chi connectivity index (χ1) is 8.79. The van der Waals surface area contributed by atoms with Crippen molar-refractivity contribution in [2.75, 3.05) is 0 Å². The zero-order valence-electron chi connectivity index (χ0n) is 9.85. The minimum absolute atomic E-state index is 0.0727. The third-order valence-corrected chi connectivity index (χ3v) is 2.40. The molecular formula is C12H9F2NO4. The highest BCUT2D eigenvalue weighted by Crippen LogP contribution is 2.24. The molecule has 0 aromatic heterocycles. The SMILES string of the molecule is CC(F)(F)CC(=O)ON1C(=O)c2ccccc2C1=O. The number of fused-ring (bicyclic) bond motifs is 1. The molecule has 0 bridgehead atoms. The van der Waals surface area contributed by atoms with Gasteiger partial charge in [0, 0.05) is 0 Å². The normalized spacial score (nSPS) is 14.6. The Balaban J connectivity index is 2.15. The summed E-state index contributed by atoms with van der Waals surface area (Å²) < 4.78 is 25.2. The Morgan fingerprint density at radius 1 is 1.21 bits per heavy atom. The van der Waals surface area contributed by atoms with Crippen molar-refractivity contribution in [1.29, 1.82) is 0 Å². The topological polar surface area (TPSA) is 63.7 Å². The first-order valence-corrected chi connectivity index (χ1v) is 5.36. The van der Waals surface area contributed by atoms with Crippen molar-refractivity contribution in [1.82, 2.24) is 5.06 Å². The van der Waals surface area contributed by atoms with Gasteiger partial charge in [-0.1, -0.05) is 17.2 Å². The number of halogens is 2. The van der Waals surface area contributed by atoms with Gasteiger partial charge in [-0.15, -0.1) is 0 Å². The molecule has 5 nitrogen and oxygen atoms in total. The Kier molecular flexibility index (Phi) is 3.05. The Hall–Kier alpha value is -2.31. The summed E-state index contributed by atoms with van der Waals surface area (Å²) in [4.78, 5) is 39.1. The molecule has 0 N–H and O–H groups in total. The molecule has 0 unspecified atom stereocenters. The van der Waals surface area contributed by atoms with Gasteiger partial charge in [0.2, 0.25) is 0 Å². The lowest BCUT2D eigenvalue weighted by Crippen LogP contribution is -2.34. The maximum absolute atomic E-state index is 12.6. The Morgan fingerprint density at radius 3 is 2.11 bits per heavy atom. The molecule has 1 aromatic carbocycles. The van der Waals surface area contributed by atoms with Crippen molar-refractivity contribution in [3.05, 3.63) is 35.4 Å². The molecule has 0 radical (unpaired) electrons. The first kappa shape index (κ1) is 13.1. The summed E-state index contributed by atoms with van der Waals surface area (Å²) in [5, 5.41) is 0.207. The fourth-order valence-electron chi connectivity index (χ4n) is 1.64. The van der Waals surface area contributed by atoms with Crippen molar-refractivity contribution in [2.24, 2.45) is 0 Å². The number of nitrogens with zero attached hydrogens (tertiary/aromatic N) is 1. The molecule has 0 saturated carbocycles. The minimum atomic E-state index is -3.27. The van der Waals surface area contributed by atoms with Crippen molar-refractivity contribution in [2.45, 2.75) is 19.3 Å². The summed E-state index contributed by atoms with van der Waals surface area (Å²) >= 11 is 0. The predicted molar refractivity (Wildman–Crippen MR) is 58.3 cm³/mol. The van der Waals surface area contributed by atoms with Crippen LogP contribution in [0, 0.1) is 0 Å². The fourth-order valence-corrected chi connectivity index (χ4v) is 1.64. The number of carbonyl (C=O) groups excluding carboxylic acids is 3. The maximum atomic E-state index is 12.6. The second-order valence-electron chi connectivity index (χ2n) is 4.16. The standard InChI is InChI=1S/C12H9F2NO4/c1-12(13,14)6-9(16)19-15-10(17)7-4-2-3-5-8(7)11(15)18/h2-5H,6H2,1H3. The van der Waals surface area contributed by atoms with Crippen LogP contribution in [0.4, 0.5) is 8.78 Å². The van der Waals surface area contributed by atoms with E-state index in [-0.39, 0.29) is 16.2 Å². The monoisotopic (exact) mass is 269 g/mol. The van der Waals surface area contributed by atoms with Gasteiger partial charge in [0.05, 0.1) is 11.1 Å². The quantitative estimate of drug-likeness (QED) is 0.785. The molecule has 2 rings (SSSR count). The van der Waals surface area contributed by atoms with E-state index in [0.29, 0.717) is 6.92 Å². The van der Waals surface area contributed by atoms with Gasteiger partial charge in [-0.05, 0) is 19.1 Å². The highest BCUT2D eigenvalue weighted by Gasteiger charge is 2.39. The molecule has 0 spiro atoms. The lowest BCUT2D eigenvalue weighted by atomic mass is 10.1. The van der Waals surface area contributed by atoms with E-state index in [4.69, 9.17) is 0 Å². The van der Waals surface area contributed by atoms with E-state index in [9.17, 15) is 23.2 Å². The van der Waals surface area contributed by atoms with E-state index in [2.05, 4.69) is 4.84 Å². The molecule has 100 valence electrons. The van der Waals surface area contributed by atoms with Crippen LogP contribution in [-0.2, 0) is 9.63 Å². The summed E-state index contributed by atoms with van der Waals surface area (Å²) in [6, 6.07) is 5.85. The number of hydrogen-bond acceptors (Lipinski definition) is 4. The summed E-state index contributed by atoms with van der Waals surface area (Å²) in [7, 11) is 0. The fraction of sp³-hybridized carbons (Fsp3) is 0.250. The number of imide groups is 1. The van der Waals surface area contributed by atoms with Crippen molar-refractivity contribution >= 4 is 17.8 Å². The van der Waals surface area contributed by atoms with E-state index in [1.54, 1.807) is 0 Å². The minimum Gasteiger partial charge on any atom is -0.330 e. The summed E-state index contributed by atoms with van der Waals surface area (Å²) in [6.07, 6.45) is -1.21. The number of alkyl halides is 2. The largest absolute Gasteiger partial charge is 0.339 e. The van der Waals surface area contributed by atoms with Gasteiger partial charge >= 0.3 is 5.97 Å². The molecule has 0 saturated heterocycles. The molecule has 2 amide bonds. The zero-order chi connectivity index (χ0) is 14.2. The van der Waals surface area contributed by atoms with Crippen molar-refractivity contribution < 1.29 is 28.0 Å². The third-order valence-electron chi connectivity index (χ3n) is 2.40. The van der Waals surface area contributed by atoms with Crippen LogP contribution in [0.2, 0.25) is 0 Å². The molecule has 1 aliphatic heterocycles. The van der Waals surface area contributed by atoms with Crippen molar-refractivity contribution in [3.8, 4) is 0 Å². The number of amides is 2. The lowest BCUT2D eigenvalue weighted by Gasteiger charge is -2.14. The summed E-state index contributed by atoms with van der Waals surface area (Å²) in [5.74, 6) is -6.29. The van der Waals surface area contributed by atoms with Gasteiger partial charge in [-0.25, -0.2) is 13.6 Å². The molecule has 19 heavy (non-hydrogen) atoms. The summed E-state index contributed by atoms with van der Waals surface area (Å²) in [6.45, 7) is 0.538. The van der Waals surface area contributed by atoms with E-state index in [1.807, 2.05) is 0 Å². The summed E-state index contributed by atoms with van der Waals surface area (Å²) in [5.41, 5.74) is 0.145. The molecule has 1 aromatic rings. The van der Waals surface area contributed by atoms with Crippen LogP contribution < -0.4 is 0 Å². The molecule has 0 aliphatic carbocycles. The Labute approximate surface area is 106 Å². The second kappa shape index (κ2) is 4.42. The third kappa shape index (κ3) is 2.59. The number of rotatable bonds is 3. The average molecular weight is 269 g/mol. The van der Waals surface area contributed by atoms with Crippen molar-refractivity contribution in [3.63, 3.8) is 0 Å². The van der Waals surface area contributed by atoms with Gasteiger partial charge in [0.1, 0.15) is 6.42 Å². The Bertz CT molecular complexity index is 530. The average Bonchev–Trinajstić information content (AvgIpc) is 2.53. The van der Waals surface area contributed by atoms with Crippen LogP contribution >= 0.6 is 0 Å². The Morgan fingerprint density at radius 2 is 1.68 bits per heavy atom. The smallest absolute Gasteiger partial charge is 0.330 e. The number of hydrogen-bond donors (Lipinski definition) is 0.